The highest BCUT2D eigenvalue weighted by molar-refractivity contribution is 6.04. The second kappa shape index (κ2) is 6.48. The van der Waals surface area contributed by atoms with Crippen LogP contribution in [0.2, 0.25) is 0 Å². The summed E-state index contributed by atoms with van der Waals surface area (Å²) in [6.45, 7) is 5.59. The van der Waals surface area contributed by atoms with Gasteiger partial charge in [-0.3, -0.25) is 0 Å². The van der Waals surface area contributed by atoms with E-state index in [1.165, 1.54) is 0 Å². The van der Waals surface area contributed by atoms with Crippen molar-refractivity contribution in [3.8, 4) is 0 Å². The summed E-state index contributed by atoms with van der Waals surface area (Å²) in [7, 11) is 0. The second-order valence-electron chi connectivity index (χ2n) is 3.97. The van der Waals surface area contributed by atoms with Gasteiger partial charge in [0, 0.05) is 0 Å². The van der Waals surface area contributed by atoms with E-state index in [4.69, 9.17) is 15.6 Å². The van der Waals surface area contributed by atoms with Gasteiger partial charge in [0.05, 0.1) is 6.61 Å². The Morgan fingerprint density at radius 1 is 1.44 bits per heavy atom. The lowest BCUT2D eigenvalue weighted by Gasteiger charge is -2.28. The SMILES string of the molecule is CCCCOC(=O)C(N)(C(=O)O)C(C)CC. The molecule has 0 fully saturated rings. The van der Waals surface area contributed by atoms with Crippen LogP contribution in [0.5, 0.6) is 0 Å². The van der Waals surface area contributed by atoms with Gasteiger partial charge in [-0.05, 0) is 12.3 Å². The van der Waals surface area contributed by atoms with Crippen molar-refractivity contribution in [2.24, 2.45) is 11.7 Å². The van der Waals surface area contributed by atoms with Crippen molar-refractivity contribution in [3.05, 3.63) is 0 Å². The van der Waals surface area contributed by atoms with Gasteiger partial charge in [0.25, 0.3) is 0 Å². The number of carbonyl (C=O) groups excluding carboxylic acids is 1. The van der Waals surface area contributed by atoms with Crippen LogP contribution in [-0.4, -0.2) is 29.2 Å². The molecule has 0 aliphatic rings. The van der Waals surface area contributed by atoms with E-state index in [-0.39, 0.29) is 6.61 Å². The first-order chi connectivity index (χ1) is 7.41. The lowest BCUT2D eigenvalue weighted by atomic mass is 9.84. The summed E-state index contributed by atoms with van der Waals surface area (Å²) in [4.78, 5) is 22.7. The molecule has 0 amide bonds. The number of ether oxygens (including phenoxy) is 1. The smallest absolute Gasteiger partial charge is 0.338 e. The fourth-order valence-corrected chi connectivity index (χ4v) is 1.25. The zero-order valence-electron chi connectivity index (χ0n) is 10.2. The van der Waals surface area contributed by atoms with Gasteiger partial charge in [0.1, 0.15) is 0 Å². The minimum atomic E-state index is -1.93. The lowest BCUT2D eigenvalue weighted by molar-refractivity contribution is -0.164. The predicted octanol–water partition coefficient (Wildman–Crippen LogP) is 1.16. The molecule has 0 radical (unpaired) electrons. The molecule has 0 saturated carbocycles. The number of hydrogen-bond donors (Lipinski definition) is 2. The van der Waals surface area contributed by atoms with Gasteiger partial charge in [0.2, 0.25) is 5.54 Å². The first kappa shape index (κ1) is 14.9. The Labute approximate surface area is 96.0 Å². The molecule has 0 spiro atoms. The Morgan fingerprint density at radius 2 is 2.00 bits per heavy atom. The molecule has 0 aromatic rings. The van der Waals surface area contributed by atoms with Crippen LogP contribution in [0.25, 0.3) is 0 Å². The molecule has 2 atom stereocenters. The standard InChI is InChI=1S/C11H21NO4/c1-4-6-7-16-10(15)11(12,9(13)14)8(3)5-2/h8H,4-7,12H2,1-3H3,(H,13,14). The van der Waals surface area contributed by atoms with Gasteiger partial charge < -0.3 is 15.6 Å². The Hall–Kier alpha value is -1.10. The maximum absolute atomic E-state index is 11.7. The highest BCUT2D eigenvalue weighted by atomic mass is 16.5. The van der Waals surface area contributed by atoms with Crippen LogP contribution in [0.15, 0.2) is 0 Å². The summed E-state index contributed by atoms with van der Waals surface area (Å²) in [6, 6.07) is 0. The molecular weight excluding hydrogens is 210 g/mol. The van der Waals surface area contributed by atoms with Gasteiger partial charge in [-0.15, -0.1) is 0 Å². The van der Waals surface area contributed by atoms with Crippen LogP contribution in [-0.2, 0) is 14.3 Å². The van der Waals surface area contributed by atoms with Crippen LogP contribution in [0, 0.1) is 5.92 Å². The Kier molecular flexibility index (Phi) is 6.03. The normalized spacial score (nSPS) is 16.2. The van der Waals surface area contributed by atoms with Crippen LogP contribution in [0.3, 0.4) is 0 Å². The number of carboxylic acids is 1. The molecule has 16 heavy (non-hydrogen) atoms. The Balaban J connectivity index is 4.65. The van der Waals surface area contributed by atoms with Crippen molar-refractivity contribution >= 4 is 11.9 Å². The topological polar surface area (TPSA) is 89.6 Å². The quantitative estimate of drug-likeness (QED) is 0.390. The van der Waals surface area contributed by atoms with Crippen molar-refractivity contribution < 1.29 is 19.4 Å². The lowest BCUT2D eigenvalue weighted by Crippen LogP contribution is -2.60. The fraction of sp³-hybridized carbons (Fsp3) is 0.818. The van der Waals surface area contributed by atoms with Crippen molar-refractivity contribution in [2.45, 2.75) is 45.6 Å². The third kappa shape index (κ3) is 3.20. The van der Waals surface area contributed by atoms with Gasteiger partial charge in [-0.1, -0.05) is 33.6 Å². The van der Waals surface area contributed by atoms with Crippen LogP contribution in [0.1, 0.15) is 40.0 Å². The summed E-state index contributed by atoms with van der Waals surface area (Å²) in [5.74, 6) is -2.63. The maximum Gasteiger partial charge on any atom is 0.338 e. The molecule has 0 bridgehead atoms. The first-order valence-electron chi connectivity index (χ1n) is 5.60. The molecule has 0 aromatic heterocycles. The van der Waals surface area contributed by atoms with Crippen molar-refractivity contribution in [1.82, 2.24) is 0 Å². The number of carboxylic acid groups (broad SMARTS) is 1. The van der Waals surface area contributed by atoms with Crippen molar-refractivity contribution in [3.63, 3.8) is 0 Å². The number of rotatable bonds is 7. The van der Waals surface area contributed by atoms with Crippen molar-refractivity contribution in [2.75, 3.05) is 6.61 Å². The molecule has 0 saturated heterocycles. The number of hydrogen-bond acceptors (Lipinski definition) is 4. The maximum atomic E-state index is 11.7. The summed E-state index contributed by atoms with van der Waals surface area (Å²) in [5, 5.41) is 9.04. The number of carbonyl (C=O) groups is 2. The molecule has 0 rings (SSSR count). The molecule has 5 nitrogen and oxygen atoms in total. The summed E-state index contributed by atoms with van der Waals surface area (Å²) in [6.07, 6.45) is 2.09. The van der Waals surface area contributed by atoms with Crippen LogP contribution >= 0.6 is 0 Å². The number of esters is 1. The average Bonchev–Trinajstić information content (AvgIpc) is 2.26. The molecular formula is C11H21NO4. The van der Waals surface area contributed by atoms with Gasteiger partial charge in [-0.2, -0.15) is 0 Å². The molecule has 0 heterocycles. The minimum absolute atomic E-state index is 0.220. The monoisotopic (exact) mass is 231 g/mol. The van der Waals surface area contributed by atoms with E-state index in [9.17, 15) is 9.59 Å². The molecule has 0 aliphatic carbocycles. The third-order valence-electron chi connectivity index (χ3n) is 2.81. The number of unbranched alkanes of at least 4 members (excludes halogenated alkanes) is 1. The van der Waals surface area contributed by atoms with Crippen LogP contribution in [0.4, 0.5) is 0 Å². The Bertz CT molecular complexity index is 254. The minimum Gasteiger partial charge on any atom is -0.479 e. The predicted molar refractivity (Wildman–Crippen MR) is 59.9 cm³/mol. The van der Waals surface area contributed by atoms with Gasteiger partial charge in [0.15, 0.2) is 0 Å². The van der Waals surface area contributed by atoms with E-state index >= 15 is 0 Å². The highest BCUT2D eigenvalue weighted by Crippen LogP contribution is 2.20. The zero-order valence-corrected chi connectivity index (χ0v) is 10.2. The zero-order chi connectivity index (χ0) is 12.8. The molecule has 5 heteroatoms. The van der Waals surface area contributed by atoms with E-state index in [0.717, 1.165) is 6.42 Å². The summed E-state index contributed by atoms with van der Waals surface area (Å²) >= 11 is 0. The van der Waals surface area contributed by atoms with E-state index in [1.54, 1.807) is 13.8 Å². The number of nitrogens with two attached hydrogens (primary N) is 1. The molecule has 2 unspecified atom stereocenters. The van der Waals surface area contributed by atoms with Gasteiger partial charge in [-0.25, -0.2) is 9.59 Å². The molecule has 0 aromatic carbocycles. The Morgan fingerprint density at radius 3 is 2.38 bits per heavy atom. The average molecular weight is 231 g/mol. The van der Waals surface area contributed by atoms with Crippen LogP contribution < -0.4 is 5.73 Å². The van der Waals surface area contributed by atoms with E-state index < -0.39 is 23.4 Å². The third-order valence-corrected chi connectivity index (χ3v) is 2.81. The van der Waals surface area contributed by atoms with E-state index in [2.05, 4.69) is 0 Å². The highest BCUT2D eigenvalue weighted by Gasteiger charge is 2.48. The van der Waals surface area contributed by atoms with Gasteiger partial charge >= 0.3 is 11.9 Å². The summed E-state index contributed by atoms with van der Waals surface area (Å²) in [5.41, 5.74) is 3.72. The summed E-state index contributed by atoms with van der Waals surface area (Å²) < 4.78 is 4.89. The number of aliphatic carboxylic acids is 1. The molecule has 94 valence electrons. The van der Waals surface area contributed by atoms with E-state index in [1.807, 2.05) is 6.92 Å². The largest absolute Gasteiger partial charge is 0.479 e. The second-order valence-corrected chi connectivity index (χ2v) is 3.97. The molecule has 3 N–H and O–H groups in total. The van der Waals surface area contributed by atoms with Crippen molar-refractivity contribution in [1.29, 1.82) is 0 Å². The molecule has 0 aliphatic heterocycles. The first-order valence-corrected chi connectivity index (χ1v) is 5.60. The fourth-order valence-electron chi connectivity index (χ4n) is 1.25. The van der Waals surface area contributed by atoms with E-state index in [0.29, 0.717) is 12.8 Å².